The Hall–Kier alpha value is -2.11. The second-order valence-electron chi connectivity index (χ2n) is 4.64. The fraction of sp³-hybridized carbons (Fsp3) is 0.500. The van der Waals surface area contributed by atoms with E-state index < -0.39 is 11.9 Å². The highest BCUT2D eigenvalue weighted by atomic mass is 16.5. The number of nitrogens with one attached hydrogen (secondary N) is 1. The minimum absolute atomic E-state index is 0.144. The number of aromatic nitrogens is 1. The molecule has 0 fully saturated rings. The van der Waals surface area contributed by atoms with Crippen LogP contribution in [0, 0.1) is 5.92 Å². The molecule has 6 heteroatoms. The van der Waals surface area contributed by atoms with Crippen LogP contribution in [-0.4, -0.2) is 37.1 Å². The Morgan fingerprint density at radius 3 is 2.80 bits per heavy atom. The SMILES string of the molecule is COc1cccnc1C(=O)NCC(=O)OCCC(C)C. The van der Waals surface area contributed by atoms with Crippen LogP contribution in [0.25, 0.3) is 0 Å². The number of hydrogen-bond donors (Lipinski definition) is 1. The highest BCUT2D eigenvalue weighted by Crippen LogP contribution is 2.13. The van der Waals surface area contributed by atoms with Gasteiger partial charge in [0.05, 0.1) is 13.7 Å². The van der Waals surface area contributed by atoms with E-state index in [2.05, 4.69) is 10.3 Å². The molecule has 0 aliphatic heterocycles. The van der Waals surface area contributed by atoms with E-state index in [0.717, 1.165) is 6.42 Å². The second-order valence-corrected chi connectivity index (χ2v) is 4.64. The molecule has 1 N–H and O–H groups in total. The van der Waals surface area contributed by atoms with Gasteiger partial charge in [-0.05, 0) is 24.5 Å². The summed E-state index contributed by atoms with van der Waals surface area (Å²) in [6.45, 7) is 4.27. The number of esters is 1. The van der Waals surface area contributed by atoms with E-state index in [-0.39, 0.29) is 12.2 Å². The van der Waals surface area contributed by atoms with E-state index in [1.807, 2.05) is 13.8 Å². The van der Waals surface area contributed by atoms with E-state index in [0.29, 0.717) is 18.3 Å². The lowest BCUT2D eigenvalue weighted by Gasteiger charge is -2.09. The largest absolute Gasteiger partial charge is 0.494 e. The number of amides is 1. The quantitative estimate of drug-likeness (QED) is 0.764. The number of ether oxygens (including phenoxy) is 2. The van der Waals surface area contributed by atoms with Crippen molar-refractivity contribution in [1.29, 1.82) is 0 Å². The van der Waals surface area contributed by atoms with E-state index in [1.54, 1.807) is 12.1 Å². The first-order valence-corrected chi connectivity index (χ1v) is 6.47. The maximum absolute atomic E-state index is 11.8. The molecular formula is C14H20N2O4. The lowest BCUT2D eigenvalue weighted by atomic mass is 10.1. The molecule has 0 bridgehead atoms. The third kappa shape index (κ3) is 5.26. The Morgan fingerprint density at radius 1 is 1.40 bits per heavy atom. The number of carbonyl (C=O) groups excluding carboxylic acids is 2. The molecule has 0 radical (unpaired) electrons. The van der Waals surface area contributed by atoms with Crippen molar-refractivity contribution in [2.24, 2.45) is 5.92 Å². The zero-order valence-corrected chi connectivity index (χ0v) is 12.0. The van der Waals surface area contributed by atoms with Gasteiger partial charge in [0.2, 0.25) is 0 Å². The molecule has 0 unspecified atom stereocenters. The lowest BCUT2D eigenvalue weighted by molar-refractivity contribution is -0.142. The molecule has 1 heterocycles. The van der Waals surface area contributed by atoms with Crippen molar-refractivity contribution in [2.75, 3.05) is 20.3 Å². The highest BCUT2D eigenvalue weighted by molar-refractivity contribution is 5.96. The van der Waals surface area contributed by atoms with E-state index in [9.17, 15) is 9.59 Å². The van der Waals surface area contributed by atoms with E-state index >= 15 is 0 Å². The van der Waals surface area contributed by atoms with Crippen LogP contribution in [0.5, 0.6) is 5.75 Å². The van der Waals surface area contributed by atoms with Crippen LogP contribution in [0.3, 0.4) is 0 Å². The van der Waals surface area contributed by atoms with Gasteiger partial charge in [0.15, 0.2) is 5.69 Å². The zero-order chi connectivity index (χ0) is 15.0. The molecule has 0 saturated heterocycles. The first kappa shape index (κ1) is 15.9. The van der Waals surface area contributed by atoms with E-state index in [4.69, 9.17) is 9.47 Å². The molecule has 1 amide bonds. The summed E-state index contributed by atoms with van der Waals surface area (Å²) in [6, 6.07) is 3.29. The molecule has 0 aliphatic rings. The minimum atomic E-state index is -0.469. The standard InChI is InChI=1S/C14H20N2O4/c1-10(2)6-8-20-12(17)9-16-14(18)13-11(19-3)5-4-7-15-13/h4-5,7,10H,6,8-9H2,1-3H3,(H,16,18). The van der Waals surface area contributed by atoms with Crippen molar-refractivity contribution in [1.82, 2.24) is 10.3 Å². The number of hydrogen-bond acceptors (Lipinski definition) is 5. The van der Waals surface area contributed by atoms with Gasteiger partial charge in [-0.2, -0.15) is 0 Å². The molecule has 0 spiro atoms. The molecule has 1 aromatic heterocycles. The third-order valence-electron chi connectivity index (χ3n) is 2.56. The van der Waals surface area contributed by atoms with Crippen molar-refractivity contribution in [3.8, 4) is 5.75 Å². The van der Waals surface area contributed by atoms with Crippen LogP contribution < -0.4 is 10.1 Å². The predicted octanol–water partition coefficient (Wildman–Crippen LogP) is 1.41. The average Bonchev–Trinajstić information content (AvgIpc) is 2.44. The van der Waals surface area contributed by atoms with Gasteiger partial charge in [-0.3, -0.25) is 9.59 Å². The molecule has 6 nitrogen and oxygen atoms in total. The van der Waals surface area contributed by atoms with Crippen molar-refractivity contribution >= 4 is 11.9 Å². The maximum Gasteiger partial charge on any atom is 0.325 e. The van der Waals surface area contributed by atoms with Gasteiger partial charge >= 0.3 is 5.97 Å². The highest BCUT2D eigenvalue weighted by Gasteiger charge is 2.14. The Bertz CT molecular complexity index is 460. The summed E-state index contributed by atoms with van der Waals surface area (Å²) >= 11 is 0. The number of nitrogens with zero attached hydrogens (tertiary/aromatic N) is 1. The number of carbonyl (C=O) groups is 2. The van der Waals surface area contributed by atoms with Crippen LogP contribution in [0.4, 0.5) is 0 Å². The van der Waals surface area contributed by atoms with Crippen LogP contribution in [-0.2, 0) is 9.53 Å². The van der Waals surface area contributed by atoms with Crippen molar-refractivity contribution in [2.45, 2.75) is 20.3 Å². The minimum Gasteiger partial charge on any atom is -0.494 e. The molecule has 0 atom stereocenters. The van der Waals surface area contributed by atoms with Gasteiger partial charge in [-0.25, -0.2) is 4.98 Å². The summed E-state index contributed by atoms with van der Waals surface area (Å²) in [6.07, 6.45) is 2.28. The van der Waals surface area contributed by atoms with Gasteiger partial charge < -0.3 is 14.8 Å². The van der Waals surface area contributed by atoms with Crippen LogP contribution >= 0.6 is 0 Å². The summed E-state index contributed by atoms with van der Waals surface area (Å²) in [4.78, 5) is 27.2. The Balaban J connectivity index is 2.41. The molecular weight excluding hydrogens is 260 g/mol. The fourth-order valence-electron chi connectivity index (χ4n) is 1.42. The molecule has 1 aromatic rings. The lowest BCUT2D eigenvalue weighted by Crippen LogP contribution is -2.31. The fourth-order valence-corrected chi connectivity index (χ4v) is 1.42. The number of pyridine rings is 1. The van der Waals surface area contributed by atoms with Gasteiger partial charge in [-0.15, -0.1) is 0 Å². The molecule has 0 saturated carbocycles. The molecule has 0 aliphatic carbocycles. The Labute approximate surface area is 118 Å². The van der Waals surface area contributed by atoms with Crippen molar-refractivity contribution < 1.29 is 19.1 Å². The molecule has 0 aromatic carbocycles. The smallest absolute Gasteiger partial charge is 0.325 e. The summed E-state index contributed by atoms with van der Waals surface area (Å²) < 4.78 is 10.0. The molecule has 110 valence electrons. The number of methoxy groups -OCH3 is 1. The van der Waals surface area contributed by atoms with Gasteiger partial charge in [0.1, 0.15) is 12.3 Å². The summed E-state index contributed by atoms with van der Waals surface area (Å²) in [5.74, 6) is -0.106. The molecule has 1 rings (SSSR count). The van der Waals surface area contributed by atoms with Crippen molar-refractivity contribution in [3.05, 3.63) is 24.0 Å². The van der Waals surface area contributed by atoms with Crippen LogP contribution in [0.15, 0.2) is 18.3 Å². The topological polar surface area (TPSA) is 77.5 Å². The predicted molar refractivity (Wildman–Crippen MR) is 73.5 cm³/mol. The monoisotopic (exact) mass is 280 g/mol. The Morgan fingerprint density at radius 2 is 2.15 bits per heavy atom. The third-order valence-corrected chi connectivity index (χ3v) is 2.56. The summed E-state index contributed by atoms with van der Waals surface area (Å²) in [5, 5.41) is 2.46. The summed E-state index contributed by atoms with van der Waals surface area (Å²) in [5.41, 5.74) is 0.144. The first-order valence-electron chi connectivity index (χ1n) is 6.47. The summed E-state index contributed by atoms with van der Waals surface area (Å²) in [7, 11) is 1.45. The maximum atomic E-state index is 11.8. The molecule has 20 heavy (non-hydrogen) atoms. The number of rotatable bonds is 7. The second kappa shape index (κ2) is 8.14. The van der Waals surface area contributed by atoms with Crippen LogP contribution in [0.2, 0.25) is 0 Å². The van der Waals surface area contributed by atoms with Gasteiger partial charge in [0, 0.05) is 6.20 Å². The van der Waals surface area contributed by atoms with Crippen molar-refractivity contribution in [3.63, 3.8) is 0 Å². The zero-order valence-electron chi connectivity index (χ0n) is 12.0. The van der Waals surface area contributed by atoms with E-state index in [1.165, 1.54) is 13.3 Å². The van der Waals surface area contributed by atoms with Crippen LogP contribution in [0.1, 0.15) is 30.8 Å². The van der Waals surface area contributed by atoms with Gasteiger partial charge in [-0.1, -0.05) is 13.8 Å². The average molecular weight is 280 g/mol. The first-order chi connectivity index (χ1) is 9.54. The Kier molecular flexibility index (Phi) is 6.49. The normalized spacial score (nSPS) is 10.2. The van der Waals surface area contributed by atoms with Gasteiger partial charge in [0.25, 0.3) is 5.91 Å².